The second-order valence-electron chi connectivity index (χ2n) is 7.29. The maximum absolute atomic E-state index is 12.9. The molecular formula is C22H29N3O3S. The first kappa shape index (κ1) is 21.3. The van der Waals surface area contributed by atoms with E-state index in [9.17, 15) is 9.59 Å². The van der Waals surface area contributed by atoms with Crippen LogP contribution in [0.3, 0.4) is 0 Å². The second-order valence-corrected chi connectivity index (χ2v) is 8.38. The number of benzene rings is 1. The number of ether oxygens (including phenoxy) is 1. The molecule has 1 fully saturated rings. The average Bonchev–Trinajstić information content (AvgIpc) is 3.12. The quantitative estimate of drug-likeness (QED) is 0.696. The zero-order valence-corrected chi connectivity index (χ0v) is 18.3. The normalized spacial score (nSPS) is 14.2. The van der Waals surface area contributed by atoms with Crippen LogP contribution in [-0.4, -0.2) is 59.9 Å². The van der Waals surface area contributed by atoms with Crippen molar-refractivity contribution in [2.45, 2.75) is 39.5 Å². The van der Waals surface area contributed by atoms with E-state index in [1.54, 1.807) is 7.11 Å². The third-order valence-electron chi connectivity index (χ3n) is 5.21. The Hall–Kier alpha value is -2.41. The van der Waals surface area contributed by atoms with Crippen molar-refractivity contribution >= 4 is 23.2 Å². The Bertz CT molecular complexity index is 839. The molecule has 29 heavy (non-hydrogen) atoms. The highest BCUT2D eigenvalue weighted by Gasteiger charge is 2.27. The lowest BCUT2D eigenvalue weighted by Crippen LogP contribution is -2.50. The van der Waals surface area contributed by atoms with E-state index in [-0.39, 0.29) is 11.8 Å². The van der Waals surface area contributed by atoms with Crippen molar-refractivity contribution < 1.29 is 14.3 Å². The van der Waals surface area contributed by atoms with E-state index in [1.807, 2.05) is 41.0 Å². The topological polar surface area (TPSA) is 62.7 Å². The summed E-state index contributed by atoms with van der Waals surface area (Å²) >= 11 is 1.51. The van der Waals surface area contributed by atoms with Crippen molar-refractivity contribution in [1.29, 1.82) is 0 Å². The number of aromatic nitrogens is 1. The van der Waals surface area contributed by atoms with Gasteiger partial charge in [0.15, 0.2) is 0 Å². The molecule has 2 heterocycles. The summed E-state index contributed by atoms with van der Waals surface area (Å²) in [6, 6.07) is 7.81. The van der Waals surface area contributed by atoms with E-state index in [2.05, 4.69) is 11.9 Å². The summed E-state index contributed by atoms with van der Waals surface area (Å²) < 4.78 is 5.16. The molecule has 1 aromatic carbocycles. The number of aryl methyl sites for hydroxylation is 3. The Balaban J connectivity index is 1.49. The molecule has 1 aliphatic heterocycles. The maximum Gasteiger partial charge on any atom is 0.265 e. The van der Waals surface area contributed by atoms with Gasteiger partial charge in [-0.05, 0) is 43.9 Å². The Morgan fingerprint density at radius 1 is 1.07 bits per heavy atom. The Morgan fingerprint density at radius 2 is 1.72 bits per heavy atom. The summed E-state index contributed by atoms with van der Waals surface area (Å²) in [7, 11) is 1.64. The summed E-state index contributed by atoms with van der Waals surface area (Å²) in [6.07, 6.45) is 3.13. The fraction of sp³-hybridized carbons (Fsp3) is 0.500. The van der Waals surface area contributed by atoms with Gasteiger partial charge < -0.3 is 14.5 Å². The molecule has 7 heteroatoms. The van der Waals surface area contributed by atoms with Crippen LogP contribution in [0.15, 0.2) is 24.3 Å². The molecule has 2 amide bonds. The minimum Gasteiger partial charge on any atom is -0.497 e. The van der Waals surface area contributed by atoms with Crippen molar-refractivity contribution in [1.82, 2.24) is 14.8 Å². The number of piperazine rings is 1. The number of carbonyl (C=O) groups is 2. The van der Waals surface area contributed by atoms with Crippen molar-refractivity contribution in [3.63, 3.8) is 0 Å². The average molecular weight is 416 g/mol. The number of methoxy groups -OCH3 is 1. The van der Waals surface area contributed by atoms with E-state index in [0.29, 0.717) is 39.0 Å². The van der Waals surface area contributed by atoms with Gasteiger partial charge in [0.1, 0.15) is 10.6 Å². The lowest BCUT2D eigenvalue weighted by molar-refractivity contribution is -0.132. The second kappa shape index (κ2) is 9.87. The summed E-state index contributed by atoms with van der Waals surface area (Å²) in [5.74, 6) is 1.01. The molecule has 0 N–H and O–H groups in total. The molecule has 0 atom stereocenters. The first-order valence-corrected chi connectivity index (χ1v) is 11.0. The smallest absolute Gasteiger partial charge is 0.265 e. The van der Waals surface area contributed by atoms with Crippen LogP contribution in [0, 0.1) is 6.92 Å². The third kappa shape index (κ3) is 5.35. The summed E-state index contributed by atoms with van der Waals surface area (Å²) in [6.45, 7) is 6.35. The van der Waals surface area contributed by atoms with Crippen LogP contribution in [-0.2, 0) is 17.6 Å². The van der Waals surface area contributed by atoms with Crippen LogP contribution in [0.2, 0.25) is 0 Å². The zero-order valence-electron chi connectivity index (χ0n) is 17.4. The van der Waals surface area contributed by atoms with Crippen LogP contribution in [0.25, 0.3) is 0 Å². The molecule has 1 saturated heterocycles. The number of carbonyl (C=O) groups excluding carboxylic acids is 2. The van der Waals surface area contributed by atoms with Gasteiger partial charge in [0.2, 0.25) is 5.91 Å². The molecule has 6 nitrogen and oxygen atoms in total. The van der Waals surface area contributed by atoms with E-state index in [0.717, 1.165) is 39.7 Å². The summed E-state index contributed by atoms with van der Waals surface area (Å²) in [5.41, 5.74) is 1.94. The molecule has 0 aliphatic carbocycles. The fourth-order valence-electron chi connectivity index (χ4n) is 3.48. The van der Waals surface area contributed by atoms with E-state index in [1.165, 1.54) is 11.3 Å². The number of rotatable bonds is 7. The number of thiazole rings is 1. The molecule has 0 bridgehead atoms. The fourth-order valence-corrected chi connectivity index (χ4v) is 4.61. The van der Waals surface area contributed by atoms with Crippen molar-refractivity contribution in [2.75, 3.05) is 33.3 Å². The number of nitrogens with zero attached hydrogens (tertiary/aromatic N) is 3. The first-order valence-electron chi connectivity index (χ1n) is 10.2. The SMILES string of the molecule is CCCc1nc(C)c(C(=O)N2CCN(C(=O)CCc3ccc(OC)cc3)CC2)s1. The molecule has 1 aromatic heterocycles. The van der Waals surface area contributed by atoms with Crippen LogP contribution in [0.5, 0.6) is 5.75 Å². The van der Waals surface area contributed by atoms with Gasteiger partial charge in [-0.15, -0.1) is 11.3 Å². The van der Waals surface area contributed by atoms with Gasteiger partial charge in [-0.25, -0.2) is 4.98 Å². The molecular weight excluding hydrogens is 386 g/mol. The zero-order chi connectivity index (χ0) is 20.8. The standard InChI is InChI=1S/C22H29N3O3S/c1-4-5-19-23-16(2)21(29-19)22(27)25-14-12-24(13-15-25)20(26)11-8-17-6-9-18(28-3)10-7-17/h6-7,9-10H,4-5,8,11-15H2,1-3H3. The largest absolute Gasteiger partial charge is 0.497 e. The molecule has 1 aliphatic rings. The van der Waals surface area contributed by atoms with Crippen LogP contribution >= 0.6 is 11.3 Å². The third-order valence-corrected chi connectivity index (χ3v) is 6.41. The molecule has 156 valence electrons. The number of amides is 2. The lowest BCUT2D eigenvalue weighted by atomic mass is 10.1. The van der Waals surface area contributed by atoms with Crippen molar-refractivity contribution in [3.05, 3.63) is 45.4 Å². The summed E-state index contributed by atoms with van der Waals surface area (Å²) in [4.78, 5) is 34.4. The highest BCUT2D eigenvalue weighted by Crippen LogP contribution is 2.22. The van der Waals surface area contributed by atoms with Gasteiger partial charge in [0.25, 0.3) is 5.91 Å². The minimum atomic E-state index is 0.0488. The van der Waals surface area contributed by atoms with E-state index in [4.69, 9.17) is 4.74 Å². The molecule has 0 saturated carbocycles. The molecule has 0 radical (unpaired) electrons. The van der Waals surface area contributed by atoms with Gasteiger partial charge in [-0.1, -0.05) is 19.1 Å². The molecule has 0 unspecified atom stereocenters. The van der Waals surface area contributed by atoms with E-state index < -0.39 is 0 Å². The van der Waals surface area contributed by atoms with Crippen molar-refractivity contribution in [3.8, 4) is 5.75 Å². The predicted octanol–water partition coefficient (Wildman–Crippen LogP) is 3.33. The highest BCUT2D eigenvalue weighted by atomic mass is 32.1. The van der Waals surface area contributed by atoms with Gasteiger partial charge in [0, 0.05) is 32.6 Å². The molecule has 3 rings (SSSR count). The van der Waals surface area contributed by atoms with E-state index >= 15 is 0 Å². The van der Waals surface area contributed by atoms with Gasteiger partial charge in [0.05, 0.1) is 17.8 Å². The molecule has 2 aromatic rings. The number of hydrogen-bond acceptors (Lipinski definition) is 5. The molecule has 0 spiro atoms. The van der Waals surface area contributed by atoms with Gasteiger partial charge >= 0.3 is 0 Å². The van der Waals surface area contributed by atoms with Crippen molar-refractivity contribution in [2.24, 2.45) is 0 Å². The minimum absolute atomic E-state index is 0.0488. The predicted molar refractivity (Wildman–Crippen MR) is 115 cm³/mol. The van der Waals surface area contributed by atoms with Gasteiger partial charge in [-0.3, -0.25) is 9.59 Å². The summed E-state index contributed by atoms with van der Waals surface area (Å²) in [5, 5.41) is 1.03. The van der Waals surface area contributed by atoms with Crippen LogP contribution < -0.4 is 4.74 Å². The first-order chi connectivity index (χ1) is 14.0. The monoisotopic (exact) mass is 415 g/mol. The highest BCUT2D eigenvalue weighted by molar-refractivity contribution is 7.13. The lowest BCUT2D eigenvalue weighted by Gasteiger charge is -2.34. The Morgan fingerprint density at radius 3 is 2.34 bits per heavy atom. The van der Waals surface area contributed by atoms with Crippen LogP contribution in [0.1, 0.15) is 45.7 Å². The Kier molecular flexibility index (Phi) is 7.25. The van der Waals surface area contributed by atoms with Gasteiger partial charge in [-0.2, -0.15) is 0 Å². The van der Waals surface area contributed by atoms with Crippen LogP contribution in [0.4, 0.5) is 0 Å². The Labute approximate surface area is 176 Å². The number of hydrogen-bond donors (Lipinski definition) is 0. The maximum atomic E-state index is 12.9.